The van der Waals surface area contributed by atoms with Crippen LogP contribution in [-0.4, -0.2) is 35.2 Å². The van der Waals surface area contributed by atoms with Gasteiger partial charge in [0.05, 0.1) is 0 Å². The van der Waals surface area contributed by atoms with Gasteiger partial charge in [0.15, 0.2) is 0 Å². The number of imide groups is 1. The van der Waals surface area contributed by atoms with E-state index in [4.69, 9.17) is 0 Å². The highest BCUT2D eigenvalue weighted by molar-refractivity contribution is 6.04. The molecular weight excluding hydrogens is 256 g/mol. The number of benzene rings is 1. The second kappa shape index (κ2) is 4.74. The van der Waals surface area contributed by atoms with Crippen molar-refractivity contribution in [3.05, 3.63) is 35.4 Å². The maximum atomic E-state index is 12.6. The average molecular weight is 272 g/mol. The quantitative estimate of drug-likeness (QED) is 0.746. The van der Waals surface area contributed by atoms with Crippen LogP contribution in [0.25, 0.3) is 0 Å². The lowest BCUT2D eigenvalue weighted by Crippen LogP contribution is -2.59. The third-order valence-electron chi connectivity index (χ3n) is 4.11. The summed E-state index contributed by atoms with van der Waals surface area (Å²) in [7, 11) is 0. The summed E-state index contributed by atoms with van der Waals surface area (Å²) in [5.74, 6) is -1.06. The van der Waals surface area contributed by atoms with Crippen LogP contribution in [-0.2, 0) is 27.2 Å². The fourth-order valence-corrected chi connectivity index (χ4v) is 2.95. The van der Waals surface area contributed by atoms with Gasteiger partial charge in [0.2, 0.25) is 17.7 Å². The summed E-state index contributed by atoms with van der Waals surface area (Å²) in [4.78, 5) is 37.0. The van der Waals surface area contributed by atoms with Gasteiger partial charge < -0.3 is 4.90 Å². The molecule has 0 spiro atoms. The Morgan fingerprint density at radius 2 is 1.80 bits per heavy atom. The fourth-order valence-electron chi connectivity index (χ4n) is 2.95. The maximum absolute atomic E-state index is 12.6. The molecule has 104 valence electrons. The number of carbonyl (C=O) groups is 3. The van der Waals surface area contributed by atoms with Crippen molar-refractivity contribution in [1.82, 2.24) is 10.2 Å². The monoisotopic (exact) mass is 272 g/mol. The molecule has 3 amide bonds. The predicted molar refractivity (Wildman–Crippen MR) is 71.7 cm³/mol. The van der Waals surface area contributed by atoms with Crippen LogP contribution >= 0.6 is 0 Å². The number of hydrogen-bond acceptors (Lipinski definition) is 3. The van der Waals surface area contributed by atoms with Crippen LogP contribution in [0.15, 0.2) is 24.3 Å². The Kier molecular flexibility index (Phi) is 3.04. The second-order valence-corrected chi connectivity index (χ2v) is 5.43. The lowest BCUT2D eigenvalue weighted by atomic mass is 10.0. The SMILES string of the molecule is CC1C(=O)NC(=O)CN1C(=O)C1Cc2ccccc2C1. The van der Waals surface area contributed by atoms with Crippen molar-refractivity contribution in [3.63, 3.8) is 0 Å². The van der Waals surface area contributed by atoms with E-state index < -0.39 is 17.9 Å². The van der Waals surface area contributed by atoms with Gasteiger partial charge in [0.1, 0.15) is 12.6 Å². The molecule has 1 aliphatic heterocycles. The molecule has 1 aromatic carbocycles. The van der Waals surface area contributed by atoms with Gasteiger partial charge in [-0.1, -0.05) is 24.3 Å². The topological polar surface area (TPSA) is 66.5 Å². The van der Waals surface area contributed by atoms with Gasteiger partial charge >= 0.3 is 0 Å². The summed E-state index contributed by atoms with van der Waals surface area (Å²) in [6, 6.07) is 7.40. The Labute approximate surface area is 116 Å². The minimum Gasteiger partial charge on any atom is -0.321 e. The molecule has 20 heavy (non-hydrogen) atoms. The summed E-state index contributed by atoms with van der Waals surface area (Å²) in [6.07, 6.45) is 1.38. The first kappa shape index (κ1) is 12.8. The van der Waals surface area contributed by atoms with Gasteiger partial charge in [0.25, 0.3) is 0 Å². The number of nitrogens with zero attached hydrogens (tertiary/aromatic N) is 1. The molecular formula is C15H16N2O3. The largest absolute Gasteiger partial charge is 0.321 e. The van der Waals surface area contributed by atoms with Crippen molar-refractivity contribution in [3.8, 4) is 0 Å². The first-order valence-electron chi connectivity index (χ1n) is 6.77. The first-order chi connectivity index (χ1) is 9.56. The lowest BCUT2D eigenvalue weighted by Gasteiger charge is -2.33. The van der Waals surface area contributed by atoms with Gasteiger partial charge in [-0.05, 0) is 30.9 Å². The predicted octanol–water partition coefficient (Wildman–Crippen LogP) is 0.275. The van der Waals surface area contributed by atoms with E-state index in [1.165, 1.54) is 16.0 Å². The van der Waals surface area contributed by atoms with E-state index in [1.807, 2.05) is 24.3 Å². The first-order valence-corrected chi connectivity index (χ1v) is 6.77. The average Bonchev–Trinajstić information content (AvgIpc) is 2.86. The number of hydrogen-bond donors (Lipinski definition) is 1. The smallest absolute Gasteiger partial charge is 0.249 e. The number of carbonyl (C=O) groups excluding carboxylic acids is 3. The third kappa shape index (κ3) is 2.09. The van der Waals surface area contributed by atoms with Crippen LogP contribution < -0.4 is 5.32 Å². The summed E-state index contributed by atoms with van der Waals surface area (Å²) in [5, 5.41) is 2.25. The zero-order chi connectivity index (χ0) is 14.3. The van der Waals surface area contributed by atoms with Crippen molar-refractivity contribution in [2.45, 2.75) is 25.8 Å². The Bertz CT molecular complexity index is 572. The van der Waals surface area contributed by atoms with Crippen LogP contribution in [0.5, 0.6) is 0 Å². The van der Waals surface area contributed by atoms with Crippen LogP contribution in [0.4, 0.5) is 0 Å². The van der Waals surface area contributed by atoms with Crippen molar-refractivity contribution >= 4 is 17.7 Å². The van der Waals surface area contributed by atoms with E-state index in [2.05, 4.69) is 5.32 Å². The molecule has 1 heterocycles. The normalized spacial score (nSPS) is 22.6. The maximum Gasteiger partial charge on any atom is 0.249 e. The third-order valence-corrected chi connectivity index (χ3v) is 4.11. The van der Waals surface area contributed by atoms with Crippen molar-refractivity contribution < 1.29 is 14.4 Å². The highest BCUT2D eigenvalue weighted by atomic mass is 16.2. The molecule has 0 radical (unpaired) electrons. The highest BCUT2D eigenvalue weighted by Gasteiger charge is 2.38. The Morgan fingerprint density at radius 3 is 2.40 bits per heavy atom. The molecule has 5 nitrogen and oxygen atoms in total. The highest BCUT2D eigenvalue weighted by Crippen LogP contribution is 2.28. The zero-order valence-electron chi connectivity index (χ0n) is 11.3. The van der Waals surface area contributed by atoms with Crippen LogP contribution in [0, 0.1) is 5.92 Å². The van der Waals surface area contributed by atoms with Gasteiger partial charge in [-0.25, -0.2) is 0 Å². The Balaban J connectivity index is 1.77. The van der Waals surface area contributed by atoms with Crippen LogP contribution in [0.2, 0.25) is 0 Å². The molecule has 1 aliphatic carbocycles. The van der Waals surface area contributed by atoms with E-state index in [-0.39, 0.29) is 18.4 Å². The van der Waals surface area contributed by atoms with Gasteiger partial charge in [0, 0.05) is 5.92 Å². The summed E-state index contributed by atoms with van der Waals surface area (Å²) in [6.45, 7) is 1.63. The Hall–Kier alpha value is -2.17. The summed E-state index contributed by atoms with van der Waals surface area (Å²) in [5.41, 5.74) is 2.37. The van der Waals surface area contributed by atoms with Crippen molar-refractivity contribution in [2.24, 2.45) is 5.92 Å². The number of rotatable bonds is 1. The minimum absolute atomic E-state index is 0.0292. The molecule has 2 aliphatic rings. The molecule has 5 heteroatoms. The number of nitrogens with one attached hydrogen (secondary N) is 1. The molecule has 1 N–H and O–H groups in total. The summed E-state index contributed by atoms with van der Waals surface area (Å²) < 4.78 is 0. The molecule has 1 atom stereocenters. The molecule has 1 fully saturated rings. The fraction of sp³-hybridized carbons (Fsp3) is 0.400. The van der Waals surface area contributed by atoms with Crippen molar-refractivity contribution in [1.29, 1.82) is 0 Å². The van der Waals surface area contributed by atoms with Gasteiger partial charge in [-0.15, -0.1) is 0 Å². The van der Waals surface area contributed by atoms with E-state index in [0.29, 0.717) is 12.8 Å². The lowest BCUT2D eigenvalue weighted by molar-refractivity contribution is -0.151. The zero-order valence-corrected chi connectivity index (χ0v) is 11.3. The molecule has 1 aromatic rings. The molecule has 0 aromatic heterocycles. The van der Waals surface area contributed by atoms with Crippen LogP contribution in [0.3, 0.4) is 0 Å². The van der Waals surface area contributed by atoms with E-state index in [0.717, 1.165) is 0 Å². The van der Waals surface area contributed by atoms with E-state index >= 15 is 0 Å². The standard InChI is InChI=1S/C15H16N2O3/c1-9-14(19)16-13(18)8-17(9)15(20)12-6-10-4-2-3-5-11(10)7-12/h2-5,9,12H,6-8H2,1H3,(H,16,18,19). The number of amides is 3. The molecule has 0 bridgehead atoms. The van der Waals surface area contributed by atoms with Crippen LogP contribution in [0.1, 0.15) is 18.1 Å². The van der Waals surface area contributed by atoms with Gasteiger partial charge in [-0.3, -0.25) is 19.7 Å². The van der Waals surface area contributed by atoms with E-state index in [1.54, 1.807) is 6.92 Å². The molecule has 3 rings (SSSR count). The number of piperazine rings is 1. The van der Waals surface area contributed by atoms with E-state index in [9.17, 15) is 14.4 Å². The van der Waals surface area contributed by atoms with Gasteiger partial charge in [-0.2, -0.15) is 0 Å². The minimum atomic E-state index is -0.580. The molecule has 1 saturated heterocycles. The second-order valence-electron chi connectivity index (χ2n) is 5.43. The van der Waals surface area contributed by atoms with Crippen molar-refractivity contribution in [2.75, 3.05) is 6.54 Å². The number of fused-ring (bicyclic) bond motifs is 1. The summed E-state index contributed by atoms with van der Waals surface area (Å²) >= 11 is 0. The molecule has 1 unspecified atom stereocenters. The molecule has 0 saturated carbocycles. The Morgan fingerprint density at radius 1 is 1.20 bits per heavy atom.